The van der Waals surface area contributed by atoms with Crippen molar-refractivity contribution in [3.63, 3.8) is 0 Å². The molecule has 0 bridgehead atoms. The molecule has 0 saturated heterocycles. The fourth-order valence-corrected chi connectivity index (χ4v) is 3.34. The van der Waals surface area contributed by atoms with E-state index in [4.69, 9.17) is 4.74 Å². The molecule has 0 saturated carbocycles. The maximum Gasteiger partial charge on any atom is 0.224 e. The molecule has 6 heteroatoms. The Morgan fingerprint density at radius 1 is 1.07 bits per heavy atom. The molecule has 0 atom stereocenters. The molecule has 1 heterocycles. The van der Waals surface area contributed by atoms with E-state index in [1.807, 2.05) is 42.5 Å². The highest BCUT2D eigenvalue weighted by molar-refractivity contribution is 7.98. The number of halogens is 1. The zero-order valence-corrected chi connectivity index (χ0v) is 16.1. The highest BCUT2D eigenvalue weighted by atomic mass is 32.2. The summed E-state index contributed by atoms with van der Waals surface area (Å²) in [5, 5.41) is 3.88. The number of pyridine rings is 1. The summed E-state index contributed by atoms with van der Waals surface area (Å²) in [6.07, 6.45) is 2.66. The third kappa shape index (κ3) is 6.70. The number of anilines is 1. The standard InChI is InChI=1S/C22H21FN2O2S/c23-18-7-4-9-20(15-18)27-13-5-10-21(26)25-19-8-3-6-17(14-19)16-28-22-11-1-2-12-24-22/h1-4,6-9,11-12,14-15H,5,10,13,16H2,(H,25,26). The van der Waals surface area contributed by atoms with Gasteiger partial charge in [0.25, 0.3) is 0 Å². The molecule has 0 aliphatic rings. The number of ether oxygens (including phenoxy) is 1. The molecule has 4 nitrogen and oxygen atoms in total. The Labute approximate surface area is 168 Å². The normalized spacial score (nSPS) is 10.5. The lowest BCUT2D eigenvalue weighted by Crippen LogP contribution is -2.13. The number of nitrogens with one attached hydrogen (secondary N) is 1. The number of carbonyl (C=O) groups is 1. The lowest BCUT2D eigenvalue weighted by atomic mass is 10.2. The fraction of sp³-hybridized carbons (Fsp3) is 0.182. The van der Waals surface area contributed by atoms with Crippen molar-refractivity contribution in [2.24, 2.45) is 0 Å². The highest BCUT2D eigenvalue weighted by Gasteiger charge is 2.05. The summed E-state index contributed by atoms with van der Waals surface area (Å²) in [7, 11) is 0. The maximum atomic E-state index is 13.1. The summed E-state index contributed by atoms with van der Waals surface area (Å²) in [6, 6.07) is 19.6. The lowest BCUT2D eigenvalue weighted by molar-refractivity contribution is -0.116. The lowest BCUT2D eigenvalue weighted by Gasteiger charge is -2.08. The molecule has 0 radical (unpaired) electrons. The molecule has 0 fully saturated rings. The van der Waals surface area contributed by atoms with Crippen LogP contribution in [0.2, 0.25) is 0 Å². The molecule has 0 aliphatic heterocycles. The van der Waals surface area contributed by atoms with Crippen LogP contribution in [0.25, 0.3) is 0 Å². The van der Waals surface area contributed by atoms with Gasteiger partial charge in [0.05, 0.1) is 11.6 Å². The van der Waals surface area contributed by atoms with Crippen LogP contribution in [-0.4, -0.2) is 17.5 Å². The molecule has 0 spiro atoms. The van der Waals surface area contributed by atoms with E-state index < -0.39 is 0 Å². The van der Waals surface area contributed by atoms with Crippen LogP contribution in [0.3, 0.4) is 0 Å². The van der Waals surface area contributed by atoms with Gasteiger partial charge in [-0.2, -0.15) is 0 Å². The number of aromatic nitrogens is 1. The number of thioether (sulfide) groups is 1. The van der Waals surface area contributed by atoms with Crippen LogP contribution in [0, 0.1) is 5.82 Å². The third-order valence-corrected chi connectivity index (χ3v) is 4.86. The maximum absolute atomic E-state index is 13.1. The van der Waals surface area contributed by atoms with E-state index in [1.165, 1.54) is 12.1 Å². The minimum Gasteiger partial charge on any atom is -0.493 e. The van der Waals surface area contributed by atoms with Crippen molar-refractivity contribution in [1.29, 1.82) is 0 Å². The van der Waals surface area contributed by atoms with Gasteiger partial charge in [0.15, 0.2) is 0 Å². The van der Waals surface area contributed by atoms with E-state index in [1.54, 1.807) is 30.1 Å². The molecule has 28 heavy (non-hydrogen) atoms. The topological polar surface area (TPSA) is 51.2 Å². The van der Waals surface area contributed by atoms with E-state index >= 15 is 0 Å². The largest absolute Gasteiger partial charge is 0.493 e. The summed E-state index contributed by atoms with van der Waals surface area (Å²) in [5.74, 6) is 0.842. The van der Waals surface area contributed by atoms with Crippen LogP contribution in [0.4, 0.5) is 10.1 Å². The summed E-state index contributed by atoms with van der Waals surface area (Å²) < 4.78 is 18.5. The second-order valence-corrected chi connectivity index (χ2v) is 7.11. The van der Waals surface area contributed by atoms with E-state index in [2.05, 4.69) is 10.3 Å². The van der Waals surface area contributed by atoms with Gasteiger partial charge in [-0.15, -0.1) is 11.8 Å². The van der Waals surface area contributed by atoms with Crippen LogP contribution >= 0.6 is 11.8 Å². The Kier molecular flexibility index (Phi) is 7.44. The number of hydrogen-bond acceptors (Lipinski definition) is 4. The summed E-state index contributed by atoms with van der Waals surface area (Å²) in [4.78, 5) is 16.4. The number of amides is 1. The monoisotopic (exact) mass is 396 g/mol. The molecule has 1 amide bonds. The SMILES string of the molecule is O=C(CCCOc1cccc(F)c1)Nc1cccc(CSc2ccccn2)c1. The van der Waals surface area contributed by atoms with Gasteiger partial charge in [0, 0.05) is 30.1 Å². The zero-order valence-electron chi connectivity index (χ0n) is 15.3. The number of nitrogens with zero attached hydrogens (tertiary/aromatic N) is 1. The van der Waals surface area contributed by atoms with Crippen molar-refractivity contribution in [2.45, 2.75) is 23.6 Å². The highest BCUT2D eigenvalue weighted by Crippen LogP contribution is 2.22. The minimum atomic E-state index is -0.337. The van der Waals surface area contributed by atoms with Crippen LogP contribution < -0.4 is 10.1 Å². The third-order valence-electron chi connectivity index (χ3n) is 3.85. The molecule has 2 aromatic carbocycles. The van der Waals surface area contributed by atoms with Crippen LogP contribution in [0.5, 0.6) is 5.75 Å². The molecular weight excluding hydrogens is 375 g/mol. The second-order valence-electron chi connectivity index (χ2n) is 6.11. The average Bonchev–Trinajstić information content (AvgIpc) is 2.71. The number of hydrogen-bond donors (Lipinski definition) is 1. The predicted molar refractivity (Wildman–Crippen MR) is 110 cm³/mol. The first-order valence-corrected chi connectivity index (χ1v) is 9.98. The number of carbonyl (C=O) groups excluding carboxylic acids is 1. The number of benzene rings is 2. The van der Waals surface area contributed by atoms with Gasteiger partial charge in [-0.1, -0.05) is 24.3 Å². The van der Waals surface area contributed by atoms with E-state index in [9.17, 15) is 9.18 Å². The fourth-order valence-electron chi connectivity index (χ4n) is 2.53. The number of rotatable bonds is 9. The molecule has 144 valence electrons. The van der Waals surface area contributed by atoms with Crippen LogP contribution in [0.15, 0.2) is 78.0 Å². The Bertz CT molecular complexity index is 906. The Morgan fingerprint density at radius 2 is 1.96 bits per heavy atom. The minimum absolute atomic E-state index is 0.0719. The molecular formula is C22H21FN2O2S. The van der Waals surface area contributed by atoms with E-state index in [-0.39, 0.29) is 11.7 Å². The van der Waals surface area contributed by atoms with Crippen molar-refractivity contribution in [2.75, 3.05) is 11.9 Å². The van der Waals surface area contributed by atoms with Crippen molar-refractivity contribution < 1.29 is 13.9 Å². The molecule has 1 aromatic heterocycles. The van der Waals surface area contributed by atoms with Gasteiger partial charge in [0.2, 0.25) is 5.91 Å². The van der Waals surface area contributed by atoms with E-state index in [0.717, 1.165) is 22.0 Å². The summed E-state index contributed by atoms with van der Waals surface area (Å²) in [5.41, 5.74) is 1.89. The Morgan fingerprint density at radius 3 is 2.79 bits per heavy atom. The summed E-state index contributed by atoms with van der Waals surface area (Å²) in [6.45, 7) is 0.359. The first kappa shape index (κ1) is 19.9. The first-order chi connectivity index (χ1) is 13.7. The molecule has 3 aromatic rings. The van der Waals surface area contributed by atoms with Gasteiger partial charge < -0.3 is 10.1 Å². The second kappa shape index (κ2) is 10.5. The van der Waals surface area contributed by atoms with Crippen molar-refractivity contribution in [3.05, 3.63) is 84.3 Å². The van der Waals surface area contributed by atoms with Crippen molar-refractivity contribution >= 4 is 23.4 Å². The van der Waals surface area contributed by atoms with Crippen LogP contribution in [0.1, 0.15) is 18.4 Å². The summed E-state index contributed by atoms with van der Waals surface area (Å²) >= 11 is 1.65. The van der Waals surface area contributed by atoms with Crippen molar-refractivity contribution in [1.82, 2.24) is 4.98 Å². The molecule has 0 unspecified atom stereocenters. The van der Waals surface area contributed by atoms with Gasteiger partial charge >= 0.3 is 0 Å². The van der Waals surface area contributed by atoms with Gasteiger partial charge in [0.1, 0.15) is 11.6 Å². The Balaban J connectivity index is 1.41. The molecule has 0 aliphatic carbocycles. The molecule has 1 N–H and O–H groups in total. The van der Waals surface area contributed by atoms with Gasteiger partial charge in [-0.05, 0) is 48.4 Å². The van der Waals surface area contributed by atoms with Crippen molar-refractivity contribution in [3.8, 4) is 5.75 Å². The van der Waals surface area contributed by atoms with E-state index in [0.29, 0.717) is 25.2 Å². The quantitative estimate of drug-likeness (QED) is 0.393. The van der Waals surface area contributed by atoms with Crippen LogP contribution in [-0.2, 0) is 10.5 Å². The predicted octanol–water partition coefficient (Wildman–Crippen LogP) is 5.31. The smallest absolute Gasteiger partial charge is 0.224 e. The zero-order chi connectivity index (χ0) is 19.6. The first-order valence-electron chi connectivity index (χ1n) is 9.00. The van der Waals surface area contributed by atoms with Gasteiger partial charge in [-0.25, -0.2) is 9.37 Å². The molecule has 3 rings (SSSR count). The average molecular weight is 396 g/mol. The Hall–Kier alpha value is -2.86. The van der Waals surface area contributed by atoms with Gasteiger partial charge in [-0.3, -0.25) is 4.79 Å².